The third-order valence-electron chi connectivity index (χ3n) is 12.2. The standard InChI is InChI=1S/2C30H34B2N2O3/c33-17-19-36-31(27-11-3-1-4-12-27)29-15-7-9-25(21-29)23-35-24-26-10-8-16-30(22-26)32(37-20-18-34)28-13-5-2-6-14-28;33-19-21-36-31(27-7-3-1-4-8-27)29-15-11-25(12-16-29)23-35-24-26-13-17-30(18-14-26)32(37-22-20-34)28-9-5-2-6-10-28/h1-16,21-22H,17-20,23-24,33-34H2;1-18H,19-24,33-34H2. The van der Waals surface area contributed by atoms with Crippen LogP contribution in [0.3, 0.4) is 0 Å². The number of rotatable bonds is 28. The van der Waals surface area contributed by atoms with Crippen LogP contribution in [0.1, 0.15) is 22.3 Å². The van der Waals surface area contributed by atoms with E-state index in [4.69, 9.17) is 51.0 Å². The summed E-state index contributed by atoms with van der Waals surface area (Å²) >= 11 is 0. The van der Waals surface area contributed by atoms with Crippen molar-refractivity contribution in [2.24, 2.45) is 22.9 Å². The van der Waals surface area contributed by atoms with E-state index in [1.807, 2.05) is 72.8 Å². The Hall–Kier alpha value is -6.38. The summed E-state index contributed by atoms with van der Waals surface area (Å²) < 4.78 is 36.4. The summed E-state index contributed by atoms with van der Waals surface area (Å²) in [4.78, 5) is 0. The minimum Gasteiger partial charge on any atom is -0.426 e. The molecule has 8 aromatic rings. The molecule has 0 amide bonds. The summed E-state index contributed by atoms with van der Waals surface area (Å²) in [6.45, 7) is 5.43. The maximum atomic E-state index is 6.13. The van der Waals surface area contributed by atoms with Gasteiger partial charge in [0.05, 0.1) is 26.4 Å². The third-order valence-corrected chi connectivity index (χ3v) is 12.2. The number of hydrogen-bond donors (Lipinski definition) is 4. The summed E-state index contributed by atoms with van der Waals surface area (Å²) in [6.07, 6.45) is 0. The highest BCUT2D eigenvalue weighted by Gasteiger charge is 2.24. The third kappa shape index (κ3) is 17.4. The van der Waals surface area contributed by atoms with Gasteiger partial charge in [-0.2, -0.15) is 0 Å². The van der Waals surface area contributed by atoms with Crippen LogP contribution in [0.15, 0.2) is 218 Å². The highest BCUT2D eigenvalue weighted by Crippen LogP contribution is 2.09. The molecule has 0 saturated carbocycles. The first-order chi connectivity index (χ1) is 36.6. The monoisotopic (exact) mass is 985 g/mol. The zero-order valence-corrected chi connectivity index (χ0v) is 42.3. The lowest BCUT2D eigenvalue weighted by Gasteiger charge is -2.16. The van der Waals surface area contributed by atoms with Crippen molar-refractivity contribution in [3.05, 3.63) is 241 Å². The molecule has 0 radical (unpaired) electrons. The van der Waals surface area contributed by atoms with Crippen LogP contribution in [-0.2, 0) is 54.5 Å². The molecule has 8 aromatic carbocycles. The molecule has 0 fully saturated rings. The largest absolute Gasteiger partial charge is 0.426 e. The maximum Gasteiger partial charge on any atom is 0.361 e. The van der Waals surface area contributed by atoms with Gasteiger partial charge >= 0.3 is 27.7 Å². The quantitative estimate of drug-likeness (QED) is 0.0538. The second kappa shape index (κ2) is 31.4. The van der Waals surface area contributed by atoms with E-state index in [9.17, 15) is 0 Å². The van der Waals surface area contributed by atoms with Crippen molar-refractivity contribution >= 4 is 71.4 Å². The second-order valence-electron chi connectivity index (χ2n) is 17.8. The van der Waals surface area contributed by atoms with E-state index in [0.717, 1.165) is 66.0 Å². The van der Waals surface area contributed by atoms with Crippen LogP contribution in [0.2, 0.25) is 0 Å². The summed E-state index contributed by atoms with van der Waals surface area (Å²) in [5, 5.41) is 0. The maximum absolute atomic E-state index is 6.13. The van der Waals surface area contributed by atoms with E-state index in [2.05, 4.69) is 146 Å². The van der Waals surface area contributed by atoms with Crippen LogP contribution >= 0.6 is 0 Å². The average molecular weight is 984 g/mol. The average Bonchev–Trinajstić information content (AvgIpc) is 3.46. The van der Waals surface area contributed by atoms with Crippen LogP contribution in [0.5, 0.6) is 0 Å². The zero-order chi connectivity index (χ0) is 51.4. The van der Waals surface area contributed by atoms with Crippen LogP contribution in [0, 0.1) is 0 Å². The fourth-order valence-electron chi connectivity index (χ4n) is 8.64. The number of ether oxygens (including phenoxy) is 2. The van der Waals surface area contributed by atoms with E-state index < -0.39 is 0 Å². The van der Waals surface area contributed by atoms with E-state index >= 15 is 0 Å². The molecule has 0 aliphatic heterocycles. The molecule has 0 atom stereocenters. The van der Waals surface area contributed by atoms with Gasteiger partial charge in [0.1, 0.15) is 0 Å². The molecule has 10 nitrogen and oxygen atoms in total. The van der Waals surface area contributed by atoms with E-state index in [1.165, 1.54) is 0 Å². The van der Waals surface area contributed by atoms with E-state index in [-0.39, 0.29) is 27.7 Å². The van der Waals surface area contributed by atoms with Crippen molar-refractivity contribution in [2.45, 2.75) is 26.4 Å². The topological polar surface area (TPSA) is 159 Å². The normalized spacial score (nSPS) is 10.9. The van der Waals surface area contributed by atoms with Gasteiger partial charge in [0, 0.05) is 52.6 Å². The molecule has 376 valence electrons. The van der Waals surface area contributed by atoms with Crippen molar-refractivity contribution in [1.82, 2.24) is 0 Å². The predicted molar refractivity (Wildman–Crippen MR) is 309 cm³/mol. The van der Waals surface area contributed by atoms with Crippen molar-refractivity contribution < 1.29 is 28.1 Å². The zero-order valence-electron chi connectivity index (χ0n) is 42.3. The molecule has 0 saturated heterocycles. The Bertz CT molecular complexity index is 2580. The molecule has 74 heavy (non-hydrogen) atoms. The highest BCUT2D eigenvalue weighted by molar-refractivity contribution is 6.81. The molecule has 14 heteroatoms. The summed E-state index contributed by atoms with van der Waals surface area (Å²) in [5.74, 6) is 0. The lowest BCUT2D eigenvalue weighted by molar-refractivity contribution is 0.107. The molecular weight excluding hydrogens is 916 g/mol. The SMILES string of the molecule is NCCOB(c1ccccc1)c1ccc(COCc2ccc(B(OCCN)c3ccccc3)cc2)cc1.NCCOB(c1ccccc1)c1cccc(COCc2cccc(B(OCCN)c3ccccc3)c2)c1. The fourth-order valence-corrected chi connectivity index (χ4v) is 8.64. The van der Waals surface area contributed by atoms with Crippen molar-refractivity contribution in [3.63, 3.8) is 0 Å². The lowest BCUT2D eigenvalue weighted by Crippen LogP contribution is -2.46. The van der Waals surface area contributed by atoms with Crippen LogP contribution in [-0.4, -0.2) is 80.3 Å². The minimum atomic E-state index is -0.162. The molecule has 0 aliphatic rings. The molecular formula is C60H68B4N4O6. The van der Waals surface area contributed by atoms with Gasteiger partial charge in [0.15, 0.2) is 0 Å². The van der Waals surface area contributed by atoms with Gasteiger partial charge in [-0.25, -0.2) is 0 Å². The molecule has 8 rings (SSSR count). The molecule has 0 unspecified atom stereocenters. The smallest absolute Gasteiger partial charge is 0.361 e. The summed E-state index contributed by atoms with van der Waals surface area (Å²) in [7, 11) is 0. The first-order valence-electron chi connectivity index (χ1n) is 25.5. The number of nitrogens with two attached hydrogens (primary N) is 4. The Morgan fingerprint density at radius 1 is 0.243 bits per heavy atom. The van der Waals surface area contributed by atoms with Crippen LogP contribution in [0.25, 0.3) is 0 Å². The summed E-state index contributed by atoms with van der Waals surface area (Å²) in [6, 6.07) is 74.4. The first kappa shape index (κ1) is 55.4. The Morgan fingerprint density at radius 2 is 0.486 bits per heavy atom. The molecule has 0 aliphatic carbocycles. The lowest BCUT2D eigenvalue weighted by atomic mass is 9.55. The van der Waals surface area contributed by atoms with Gasteiger partial charge in [0.25, 0.3) is 0 Å². The second-order valence-corrected chi connectivity index (χ2v) is 17.8. The van der Waals surface area contributed by atoms with E-state index in [0.29, 0.717) is 79.0 Å². The Labute approximate surface area is 440 Å². The first-order valence-corrected chi connectivity index (χ1v) is 25.5. The van der Waals surface area contributed by atoms with Gasteiger partial charge in [-0.3, -0.25) is 0 Å². The van der Waals surface area contributed by atoms with Crippen molar-refractivity contribution in [3.8, 4) is 0 Å². The van der Waals surface area contributed by atoms with Crippen LogP contribution in [0.4, 0.5) is 0 Å². The van der Waals surface area contributed by atoms with Crippen molar-refractivity contribution in [2.75, 3.05) is 52.6 Å². The summed E-state index contributed by atoms with van der Waals surface area (Å²) in [5.41, 5.74) is 36.0. The Kier molecular flexibility index (Phi) is 23.5. The van der Waals surface area contributed by atoms with Gasteiger partial charge < -0.3 is 51.0 Å². The number of benzene rings is 8. The van der Waals surface area contributed by atoms with Gasteiger partial charge in [-0.15, -0.1) is 0 Å². The molecule has 0 spiro atoms. The minimum absolute atomic E-state index is 0.133. The molecule has 0 heterocycles. The van der Waals surface area contributed by atoms with E-state index in [1.54, 1.807) is 0 Å². The van der Waals surface area contributed by atoms with Crippen LogP contribution < -0.4 is 66.6 Å². The number of hydrogen-bond acceptors (Lipinski definition) is 10. The predicted octanol–water partition coefficient (Wildman–Crippen LogP) is 3.13. The van der Waals surface area contributed by atoms with Gasteiger partial charge in [-0.05, 0) is 66.0 Å². The highest BCUT2D eigenvalue weighted by atomic mass is 16.5. The fraction of sp³-hybridized carbons (Fsp3) is 0.200. The molecule has 8 N–H and O–H groups in total. The van der Waals surface area contributed by atoms with Crippen molar-refractivity contribution in [1.29, 1.82) is 0 Å². The molecule has 0 aromatic heterocycles. The van der Waals surface area contributed by atoms with Gasteiger partial charge in [-0.1, -0.05) is 218 Å². The molecule has 0 bridgehead atoms. The Balaban J connectivity index is 0.000000216. The Morgan fingerprint density at radius 3 is 0.770 bits per heavy atom. The van der Waals surface area contributed by atoms with Gasteiger partial charge in [0.2, 0.25) is 0 Å².